The molecule has 4 rings (SSSR count). The van der Waals surface area contributed by atoms with Crippen molar-refractivity contribution in [2.24, 2.45) is 11.3 Å². The molecule has 0 aliphatic carbocycles. The van der Waals surface area contributed by atoms with Gasteiger partial charge in [0, 0.05) is 19.5 Å². The van der Waals surface area contributed by atoms with E-state index in [1.54, 1.807) is 6.07 Å². The molecular weight excluding hydrogens is 441 g/mol. The Labute approximate surface area is 199 Å². The van der Waals surface area contributed by atoms with Crippen LogP contribution in [0.15, 0.2) is 42.5 Å². The molecule has 2 aromatic rings. The van der Waals surface area contributed by atoms with E-state index in [0.29, 0.717) is 11.5 Å². The minimum atomic E-state index is -4.39. The average molecular weight is 475 g/mol. The predicted octanol–water partition coefficient (Wildman–Crippen LogP) is 5.59. The number of nitrogens with one attached hydrogen (secondary N) is 1. The van der Waals surface area contributed by atoms with Gasteiger partial charge in [-0.15, -0.1) is 0 Å². The number of nitrogens with zero attached hydrogens (tertiary/aromatic N) is 1. The predicted molar refractivity (Wildman–Crippen MR) is 125 cm³/mol. The lowest BCUT2D eigenvalue weighted by Gasteiger charge is -2.41. The van der Waals surface area contributed by atoms with Crippen LogP contribution in [0.5, 0.6) is 5.75 Å². The summed E-state index contributed by atoms with van der Waals surface area (Å²) < 4.78 is 44.7. The number of carbonyl (C=O) groups excluding carboxylic acids is 1. The van der Waals surface area contributed by atoms with Gasteiger partial charge < -0.3 is 10.1 Å². The molecule has 0 radical (unpaired) electrons. The minimum Gasteiger partial charge on any atom is -0.493 e. The molecule has 1 saturated heterocycles. The maximum Gasteiger partial charge on any atom is 0.416 e. The van der Waals surface area contributed by atoms with Gasteiger partial charge in [0.25, 0.3) is 0 Å². The van der Waals surface area contributed by atoms with Gasteiger partial charge in [0.05, 0.1) is 17.6 Å². The summed E-state index contributed by atoms with van der Waals surface area (Å²) in [6, 6.07) is 11.6. The Bertz CT molecular complexity index is 1010. The van der Waals surface area contributed by atoms with Crippen LogP contribution in [-0.2, 0) is 30.5 Å². The van der Waals surface area contributed by atoms with Gasteiger partial charge in [0.1, 0.15) is 5.75 Å². The Morgan fingerprint density at radius 2 is 1.88 bits per heavy atom. The standard InChI is InChI=1S/C27H33F3N2O2/c1-19(2)16-26(25(33)31-17-20-4-3-5-23(15-20)27(28,29)30)9-11-32(12-10-26)18-21-6-7-24-22(14-21)8-13-34-24/h3-7,14-15,19H,8-13,16-18H2,1-2H3,(H,31,33). The SMILES string of the molecule is CC(C)CC1(C(=O)NCc2cccc(C(F)(F)F)c2)CCN(Cc2ccc3c(c2)CCO3)CC1. The largest absolute Gasteiger partial charge is 0.493 e. The molecule has 0 saturated carbocycles. The molecule has 34 heavy (non-hydrogen) atoms. The van der Waals surface area contributed by atoms with Gasteiger partial charge in [-0.05, 0) is 73.2 Å². The van der Waals surface area contributed by atoms with Crippen molar-refractivity contribution in [2.75, 3.05) is 19.7 Å². The fraction of sp³-hybridized carbons (Fsp3) is 0.519. The molecule has 1 N–H and O–H groups in total. The molecule has 0 atom stereocenters. The molecule has 0 aromatic heterocycles. The summed E-state index contributed by atoms with van der Waals surface area (Å²) in [5.74, 6) is 1.28. The highest BCUT2D eigenvalue weighted by atomic mass is 19.4. The molecule has 1 amide bonds. The third kappa shape index (κ3) is 5.74. The number of rotatable bonds is 7. The molecule has 4 nitrogen and oxygen atoms in total. The van der Waals surface area contributed by atoms with Crippen molar-refractivity contribution in [3.8, 4) is 5.75 Å². The summed E-state index contributed by atoms with van der Waals surface area (Å²) in [6.45, 7) is 7.55. The van der Waals surface area contributed by atoms with Gasteiger partial charge in [-0.3, -0.25) is 9.69 Å². The van der Waals surface area contributed by atoms with Gasteiger partial charge in [-0.1, -0.05) is 38.1 Å². The number of likely N-dealkylation sites (tertiary alicyclic amines) is 1. The fourth-order valence-corrected chi connectivity index (χ4v) is 5.27. The summed E-state index contributed by atoms with van der Waals surface area (Å²) in [5, 5.41) is 2.95. The zero-order valence-electron chi connectivity index (χ0n) is 19.9. The molecule has 184 valence electrons. The van der Waals surface area contributed by atoms with E-state index in [2.05, 4.69) is 36.2 Å². The van der Waals surface area contributed by atoms with Crippen LogP contribution in [0.2, 0.25) is 0 Å². The van der Waals surface area contributed by atoms with E-state index in [4.69, 9.17) is 4.74 Å². The van der Waals surface area contributed by atoms with Crippen molar-refractivity contribution in [1.29, 1.82) is 0 Å². The number of piperidine rings is 1. The summed E-state index contributed by atoms with van der Waals surface area (Å²) in [7, 11) is 0. The number of carbonyl (C=O) groups is 1. The number of ether oxygens (including phenoxy) is 1. The lowest BCUT2D eigenvalue weighted by atomic mass is 9.71. The zero-order chi connectivity index (χ0) is 24.3. The molecule has 2 aromatic carbocycles. The van der Waals surface area contributed by atoms with E-state index in [-0.39, 0.29) is 12.5 Å². The highest BCUT2D eigenvalue weighted by molar-refractivity contribution is 5.82. The maximum atomic E-state index is 13.3. The van der Waals surface area contributed by atoms with Crippen LogP contribution in [0.3, 0.4) is 0 Å². The van der Waals surface area contributed by atoms with Crippen molar-refractivity contribution in [3.05, 3.63) is 64.7 Å². The second-order valence-corrected chi connectivity index (χ2v) is 10.1. The number of amides is 1. The fourth-order valence-electron chi connectivity index (χ4n) is 5.27. The first-order chi connectivity index (χ1) is 16.1. The van der Waals surface area contributed by atoms with Crippen molar-refractivity contribution in [2.45, 2.75) is 58.8 Å². The minimum absolute atomic E-state index is 0.0482. The Balaban J connectivity index is 1.38. The van der Waals surface area contributed by atoms with E-state index >= 15 is 0 Å². The highest BCUT2D eigenvalue weighted by Crippen LogP contribution is 2.39. The molecule has 0 unspecified atom stereocenters. The maximum absolute atomic E-state index is 13.3. The van der Waals surface area contributed by atoms with Crippen LogP contribution < -0.4 is 10.1 Å². The van der Waals surface area contributed by atoms with Crippen molar-refractivity contribution in [1.82, 2.24) is 10.2 Å². The first kappa shape index (κ1) is 24.6. The number of benzene rings is 2. The summed E-state index contributed by atoms with van der Waals surface area (Å²) in [4.78, 5) is 15.7. The van der Waals surface area contributed by atoms with E-state index in [1.807, 2.05) is 6.07 Å². The van der Waals surface area contributed by atoms with Crippen LogP contribution in [-0.4, -0.2) is 30.5 Å². The smallest absolute Gasteiger partial charge is 0.416 e. The van der Waals surface area contributed by atoms with Gasteiger partial charge in [-0.2, -0.15) is 13.2 Å². The zero-order valence-corrected chi connectivity index (χ0v) is 19.9. The van der Waals surface area contributed by atoms with Crippen molar-refractivity contribution in [3.63, 3.8) is 0 Å². The molecule has 0 spiro atoms. The number of hydrogen-bond acceptors (Lipinski definition) is 3. The number of halogens is 3. The summed E-state index contributed by atoms with van der Waals surface area (Å²) >= 11 is 0. The first-order valence-electron chi connectivity index (χ1n) is 12.1. The molecule has 2 aliphatic heterocycles. The molecule has 2 aliphatic rings. The van der Waals surface area contributed by atoms with Crippen LogP contribution in [0.25, 0.3) is 0 Å². The lowest BCUT2D eigenvalue weighted by Crippen LogP contribution is -2.49. The number of alkyl halides is 3. The van der Waals surface area contributed by atoms with Crippen LogP contribution in [0, 0.1) is 11.3 Å². The summed E-state index contributed by atoms with van der Waals surface area (Å²) in [6.07, 6.45) is -1.18. The molecule has 2 heterocycles. The second kappa shape index (κ2) is 9.98. The second-order valence-electron chi connectivity index (χ2n) is 10.1. The Hall–Kier alpha value is -2.54. The Morgan fingerprint density at radius 3 is 2.59 bits per heavy atom. The van der Waals surface area contributed by atoms with E-state index in [1.165, 1.54) is 17.2 Å². The van der Waals surface area contributed by atoms with E-state index in [9.17, 15) is 18.0 Å². The Morgan fingerprint density at radius 1 is 1.12 bits per heavy atom. The lowest BCUT2D eigenvalue weighted by molar-refractivity contribution is -0.137. The van der Waals surface area contributed by atoms with Crippen molar-refractivity contribution >= 4 is 5.91 Å². The monoisotopic (exact) mass is 474 g/mol. The normalized spacial score (nSPS) is 17.9. The van der Waals surface area contributed by atoms with Crippen molar-refractivity contribution < 1.29 is 22.7 Å². The molecule has 7 heteroatoms. The number of fused-ring (bicyclic) bond motifs is 1. The van der Waals surface area contributed by atoms with E-state index < -0.39 is 17.2 Å². The highest BCUT2D eigenvalue weighted by Gasteiger charge is 2.41. The van der Waals surface area contributed by atoms with Gasteiger partial charge in [0.15, 0.2) is 0 Å². The third-order valence-corrected chi connectivity index (χ3v) is 6.96. The summed E-state index contributed by atoms with van der Waals surface area (Å²) in [5.41, 5.74) is 1.80. The third-order valence-electron chi connectivity index (χ3n) is 6.96. The van der Waals surface area contributed by atoms with Gasteiger partial charge in [0.2, 0.25) is 5.91 Å². The molecular formula is C27H33F3N2O2. The van der Waals surface area contributed by atoms with Crippen LogP contribution in [0.1, 0.15) is 55.4 Å². The average Bonchev–Trinajstić information content (AvgIpc) is 3.26. The van der Waals surface area contributed by atoms with Crippen LogP contribution >= 0.6 is 0 Å². The number of hydrogen-bond donors (Lipinski definition) is 1. The van der Waals surface area contributed by atoms with E-state index in [0.717, 1.165) is 69.8 Å². The quantitative estimate of drug-likeness (QED) is 0.569. The molecule has 0 bridgehead atoms. The first-order valence-corrected chi connectivity index (χ1v) is 12.1. The Kier molecular flexibility index (Phi) is 7.22. The topological polar surface area (TPSA) is 41.6 Å². The van der Waals surface area contributed by atoms with Gasteiger partial charge in [-0.25, -0.2) is 0 Å². The van der Waals surface area contributed by atoms with Crippen LogP contribution in [0.4, 0.5) is 13.2 Å². The van der Waals surface area contributed by atoms with Gasteiger partial charge >= 0.3 is 6.18 Å². The molecule has 1 fully saturated rings.